The maximum Gasteiger partial charge on any atom is 0.410 e. The van der Waals surface area contributed by atoms with Gasteiger partial charge in [-0.15, -0.1) is 0 Å². The van der Waals surface area contributed by atoms with Crippen LogP contribution in [0.5, 0.6) is 0 Å². The van der Waals surface area contributed by atoms with E-state index in [0.29, 0.717) is 19.0 Å². The van der Waals surface area contributed by atoms with Crippen molar-refractivity contribution in [3.8, 4) is 0 Å². The Hall–Kier alpha value is -1.26. The first-order valence-electron chi connectivity index (χ1n) is 6.32. The molecule has 0 spiro atoms. The van der Waals surface area contributed by atoms with Gasteiger partial charge in [-0.05, 0) is 39.5 Å². The molecule has 2 heterocycles. The second-order valence-electron chi connectivity index (χ2n) is 6.41. The Morgan fingerprint density at radius 1 is 1.28 bits per heavy atom. The minimum absolute atomic E-state index is 0.202. The van der Waals surface area contributed by atoms with Gasteiger partial charge in [0.05, 0.1) is 12.5 Å². The van der Waals surface area contributed by atoms with Gasteiger partial charge in [0, 0.05) is 13.1 Å². The lowest BCUT2D eigenvalue weighted by molar-refractivity contribution is -0.171. The Balaban J connectivity index is 2.01. The van der Waals surface area contributed by atoms with E-state index in [0.717, 1.165) is 12.8 Å². The number of carbonyl (C=O) groups excluding carboxylic acids is 2. The SMILES string of the molecule is COC(=O)C12CC(CN(C(=O)OC(C)(C)C)C1)C2. The van der Waals surface area contributed by atoms with Crippen molar-refractivity contribution in [2.75, 3.05) is 20.2 Å². The number of esters is 1. The van der Waals surface area contributed by atoms with Crippen molar-refractivity contribution >= 4 is 12.1 Å². The quantitative estimate of drug-likeness (QED) is 0.670. The van der Waals surface area contributed by atoms with Crippen LogP contribution in [0.2, 0.25) is 0 Å². The fourth-order valence-electron chi connectivity index (χ4n) is 2.96. The zero-order valence-corrected chi connectivity index (χ0v) is 11.5. The van der Waals surface area contributed by atoms with Crippen LogP contribution in [0.25, 0.3) is 0 Å². The number of hydrogen-bond donors (Lipinski definition) is 0. The molecule has 1 amide bonds. The van der Waals surface area contributed by atoms with E-state index in [1.54, 1.807) is 4.90 Å². The number of fused-ring (bicyclic) bond motifs is 2. The van der Waals surface area contributed by atoms with Gasteiger partial charge >= 0.3 is 12.1 Å². The standard InChI is InChI=1S/C13H21NO4/c1-12(2,3)18-11(16)14-7-9-5-13(6-9,8-14)10(15)17-4/h9H,5-8H2,1-4H3. The van der Waals surface area contributed by atoms with Crippen molar-refractivity contribution in [2.24, 2.45) is 11.3 Å². The van der Waals surface area contributed by atoms with Gasteiger partial charge in [0.15, 0.2) is 0 Å². The second-order valence-corrected chi connectivity index (χ2v) is 6.41. The molecule has 5 heteroatoms. The molecule has 3 fully saturated rings. The molecule has 2 saturated heterocycles. The van der Waals surface area contributed by atoms with Gasteiger partial charge in [-0.1, -0.05) is 0 Å². The van der Waals surface area contributed by atoms with Crippen LogP contribution in [0.4, 0.5) is 4.79 Å². The average molecular weight is 255 g/mol. The third kappa shape index (κ3) is 2.31. The van der Waals surface area contributed by atoms with E-state index in [1.807, 2.05) is 20.8 Å². The smallest absolute Gasteiger partial charge is 0.410 e. The zero-order valence-electron chi connectivity index (χ0n) is 11.5. The molecule has 5 nitrogen and oxygen atoms in total. The molecule has 2 aliphatic heterocycles. The Bertz CT molecular complexity index is 366. The summed E-state index contributed by atoms with van der Waals surface area (Å²) in [5.41, 5.74) is -0.980. The number of rotatable bonds is 1. The minimum atomic E-state index is -0.503. The topological polar surface area (TPSA) is 55.8 Å². The van der Waals surface area contributed by atoms with Crippen molar-refractivity contribution in [1.82, 2.24) is 4.90 Å². The molecule has 0 aromatic rings. The number of methoxy groups -OCH3 is 1. The van der Waals surface area contributed by atoms with Crippen LogP contribution in [-0.4, -0.2) is 42.8 Å². The van der Waals surface area contributed by atoms with Crippen LogP contribution in [0.1, 0.15) is 33.6 Å². The highest BCUT2D eigenvalue weighted by atomic mass is 16.6. The molecule has 1 aliphatic carbocycles. The van der Waals surface area contributed by atoms with E-state index in [1.165, 1.54) is 7.11 Å². The summed E-state index contributed by atoms with van der Waals surface area (Å²) in [7, 11) is 1.40. The van der Waals surface area contributed by atoms with Crippen LogP contribution in [-0.2, 0) is 14.3 Å². The zero-order chi connectivity index (χ0) is 13.6. The summed E-state index contributed by atoms with van der Waals surface area (Å²) in [6, 6.07) is 0. The molecule has 2 bridgehead atoms. The summed E-state index contributed by atoms with van der Waals surface area (Å²) in [4.78, 5) is 25.4. The molecule has 1 saturated carbocycles. The van der Waals surface area contributed by atoms with Crippen LogP contribution >= 0.6 is 0 Å². The van der Waals surface area contributed by atoms with Crippen LogP contribution < -0.4 is 0 Å². The highest BCUT2D eigenvalue weighted by Crippen LogP contribution is 2.51. The highest BCUT2D eigenvalue weighted by molar-refractivity contribution is 5.80. The number of amides is 1. The second kappa shape index (κ2) is 4.14. The van der Waals surface area contributed by atoms with Gasteiger partial charge < -0.3 is 14.4 Å². The Morgan fingerprint density at radius 2 is 1.89 bits per heavy atom. The summed E-state index contributed by atoms with van der Waals surface area (Å²) in [5, 5.41) is 0. The van der Waals surface area contributed by atoms with E-state index < -0.39 is 11.0 Å². The van der Waals surface area contributed by atoms with Gasteiger partial charge in [0.2, 0.25) is 0 Å². The maximum atomic E-state index is 12.0. The Morgan fingerprint density at radius 3 is 2.39 bits per heavy atom. The lowest BCUT2D eigenvalue weighted by Crippen LogP contribution is -2.61. The van der Waals surface area contributed by atoms with E-state index in [9.17, 15) is 9.59 Å². The number of hydrogen-bond acceptors (Lipinski definition) is 4. The van der Waals surface area contributed by atoms with Gasteiger partial charge in [-0.2, -0.15) is 0 Å². The highest BCUT2D eigenvalue weighted by Gasteiger charge is 2.57. The summed E-state index contributed by atoms with van der Waals surface area (Å²) < 4.78 is 10.2. The third-order valence-electron chi connectivity index (χ3n) is 3.60. The molecular formula is C13H21NO4. The normalized spacial score (nSPS) is 30.4. The summed E-state index contributed by atoms with van der Waals surface area (Å²) in [5.74, 6) is 0.206. The first-order chi connectivity index (χ1) is 8.26. The molecule has 0 N–H and O–H groups in total. The number of carbonyl (C=O) groups is 2. The Labute approximate surface area is 107 Å². The van der Waals surface area contributed by atoms with Crippen molar-refractivity contribution in [3.63, 3.8) is 0 Å². The van der Waals surface area contributed by atoms with Crippen LogP contribution in [0.3, 0.4) is 0 Å². The monoisotopic (exact) mass is 255 g/mol. The van der Waals surface area contributed by atoms with Crippen LogP contribution in [0, 0.1) is 11.3 Å². The lowest BCUT2D eigenvalue weighted by atomic mass is 9.59. The van der Waals surface area contributed by atoms with Crippen molar-refractivity contribution < 1.29 is 19.1 Å². The minimum Gasteiger partial charge on any atom is -0.469 e. The average Bonchev–Trinajstić information content (AvgIpc) is 2.24. The van der Waals surface area contributed by atoms with Crippen LogP contribution in [0.15, 0.2) is 0 Å². The van der Waals surface area contributed by atoms with Gasteiger partial charge in [0.25, 0.3) is 0 Å². The summed E-state index contributed by atoms with van der Waals surface area (Å²) in [6.45, 7) is 6.63. The molecule has 0 radical (unpaired) electrons. The van der Waals surface area contributed by atoms with Gasteiger partial charge in [-0.25, -0.2) is 4.79 Å². The maximum absolute atomic E-state index is 12.0. The third-order valence-corrected chi connectivity index (χ3v) is 3.60. The lowest BCUT2D eigenvalue weighted by Gasteiger charge is -2.53. The molecule has 0 aromatic carbocycles. The van der Waals surface area contributed by atoms with E-state index in [4.69, 9.17) is 9.47 Å². The van der Waals surface area contributed by atoms with Crippen molar-refractivity contribution in [1.29, 1.82) is 0 Å². The van der Waals surface area contributed by atoms with Crippen molar-refractivity contribution in [3.05, 3.63) is 0 Å². The molecule has 18 heavy (non-hydrogen) atoms. The molecule has 102 valence electrons. The number of nitrogens with zero attached hydrogens (tertiary/aromatic N) is 1. The summed E-state index contributed by atoms with van der Waals surface area (Å²) >= 11 is 0. The predicted molar refractivity (Wildman–Crippen MR) is 65.0 cm³/mol. The van der Waals surface area contributed by atoms with Crippen molar-refractivity contribution in [2.45, 2.75) is 39.2 Å². The first-order valence-corrected chi connectivity index (χ1v) is 6.32. The largest absolute Gasteiger partial charge is 0.469 e. The molecule has 0 unspecified atom stereocenters. The molecule has 3 aliphatic rings. The molecular weight excluding hydrogens is 234 g/mol. The fraction of sp³-hybridized carbons (Fsp3) is 0.846. The predicted octanol–water partition coefficient (Wildman–Crippen LogP) is 1.81. The first kappa shape index (κ1) is 13.2. The Kier molecular flexibility index (Phi) is 3.03. The van der Waals surface area contributed by atoms with E-state index in [2.05, 4.69) is 0 Å². The molecule has 3 rings (SSSR count). The molecule has 0 atom stereocenters. The van der Waals surface area contributed by atoms with E-state index >= 15 is 0 Å². The molecule has 0 aromatic heterocycles. The van der Waals surface area contributed by atoms with E-state index in [-0.39, 0.29) is 12.1 Å². The number of piperidine rings is 2. The van der Waals surface area contributed by atoms with Gasteiger partial charge in [-0.3, -0.25) is 4.79 Å². The van der Waals surface area contributed by atoms with Gasteiger partial charge in [0.1, 0.15) is 5.60 Å². The fourth-order valence-corrected chi connectivity index (χ4v) is 2.96. The number of ether oxygens (including phenoxy) is 2. The summed E-state index contributed by atoms with van der Waals surface area (Å²) in [6.07, 6.45) is 1.33.